The van der Waals surface area contributed by atoms with Crippen molar-refractivity contribution in [2.75, 3.05) is 6.61 Å². The topological polar surface area (TPSA) is 63.2 Å². The van der Waals surface area contributed by atoms with Crippen molar-refractivity contribution < 1.29 is 28.5 Å². The summed E-state index contributed by atoms with van der Waals surface area (Å²) < 4.78 is 30.1. The molecule has 0 aliphatic carbocycles. The fourth-order valence-corrected chi connectivity index (χ4v) is 5.13. The van der Waals surface area contributed by atoms with E-state index in [9.17, 15) is 4.79 Å². The molecule has 1 aromatic carbocycles. The van der Waals surface area contributed by atoms with Gasteiger partial charge in [0.2, 0.25) is 6.29 Å². The zero-order chi connectivity index (χ0) is 25.0. The molecule has 0 N–H and O–H groups in total. The van der Waals surface area contributed by atoms with Crippen LogP contribution in [0.5, 0.6) is 5.75 Å². The SMILES string of the molecule is CCC1O[C@@H](OCc2ccc(O[C@H]3OC(COC(C)=O)[C@H](C)[C@H](C)C3C)cc2)C(C)[C@@H](C)[C@@H]1C. The van der Waals surface area contributed by atoms with Gasteiger partial charge in [-0.3, -0.25) is 4.79 Å². The third-order valence-corrected chi connectivity index (χ3v) is 8.41. The van der Waals surface area contributed by atoms with Crippen LogP contribution < -0.4 is 4.74 Å². The number of hydrogen-bond donors (Lipinski definition) is 0. The molecule has 2 aliphatic rings. The number of benzene rings is 1. The highest BCUT2D eigenvalue weighted by atomic mass is 16.7. The Morgan fingerprint density at radius 1 is 0.794 bits per heavy atom. The Balaban J connectivity index is 1.56. The van der Waals surface area contributed by atoms with Gasteiger partial charge in [0.25, 0.3) is 0 Å². The van der Waals surface area contributed by atoms with E-state index in [1.165, 1.54) is 6.92 Å². The molecule has 0 bridgehead atoms. The molecule has 6 nitrogen and oxygen atoms in total. The van der Waals surface area contributed by atoms with E-state index < -0.39 is 0 Å². The molecule has 0 saturated carbocycles. The van der Waals surface area contributed by atoms with Crippen molar-refractivity contribution in [1.82, 2.24) is 0 Å². The lowest BCUT2D eigenvalue weighted by Gasteiger charge is -2.43. The smallest absolute Gasteiger partial charge is 0.302 e. The van der Waals surface area contributed by atoms with E-state index in [1.54, 1.807) is 0 Å². The van der Waals surface area contributed by atoms with Crippen LogP contribution in [0.1, 0.15) is 67.4 Å². The maximum atomic E-state index is 11.3. The molecule has 0 radical (unpaired) electrons. The summed E-state index contributed by atoms with van der Waals surface area (Å²) in [6.45, 7) is 17.6. The molecule has 4 unspecified atom stereocenters. The second kappa shape index (κ2) is 11.9. The average Bonchev–Trinajstić information content (AvgIpc) is 2.82. The van der Waals surface area contributed by atoms with E-state index >= 15 is 0 Å². The Labute approximate surface area is 205 Å². The van der Waals surface area contributed by atoms with Gasteiger partial charge in [-0.15, -0.1) is 0 Å². The van der Waals surface area contributed by atoms with Crippen LogP contribution in [0.2, 0.25) is 0 Å². The summed E-state index contributed by atoms with van der Waals surface area (Å²) in [6.07, 6.45) is 0.507. The monoisotopic (exact) mass is 476 g/mol. The van der Waals surface area contributed by atoms with Crippen molar-refractivity contribution in [1.29, 1.82) is 0 Å². The lowest BCUT2D eigenvalue weighted by molar-refractivity contribution is -0.252. The van der Waals surface area contributed by atoms with Gasteiger partial charge in [0.1, 0.15) is 12.4 Å². The van der Waals surface area contributed by atoms with Gasteiger partial charge in [-0.1, -0.05) is 60.6 Å². The van der Waals surface area contributed by atoms with Gasteiger partial charge in [0.15, 0.2) is 6.29 Å². The van der Waals surface area contributed by atoms with E-state index in [0.717, 1.165) is 17.7 Å². The maximum Gasteiger partial charge on any atom is 0.302 e. The van der Waals surface area contributed by atoms with Crippen LogP contribution >= 0.6 is 0 Å². The van der Waals surface area contributed by atoms with Crippen LogP contribution in [0, 0.1) is 35.5 Å². The van der Waals surface area contributed by atoms with Crippen LogP contribution in [0.15, 0.2) is 24.3 Å². The summed E-state index contributed by atoms with van der Waals surface area (Å²) in [5.74, 6) is 2.79. The van der Waals surface area contributed by atoms with E-state index in [4.69, 9.17) is 23.7 Å². The van der Waals surface area contributed by atoms with Crippen molar-refractivity contribution >= 4 is 5.97 Å². The minimum Gasteiger partial charge on any atom is -0.465 e. The lowest BCUT2D eigenvalue weighted by atomic mass is 9.78. The Morgan fingerprint density at radius 3 is 1.94 bits per heavy atom. The van der Waals surface area contributed by atoms with E-state index in [0.29, 0.717) is 30.3 Å². The second-order valence-electron chi connectivity index (χ2n) is 10.5. The first-order valence-corrected chi connectivity index (χ1v) is 12.9. The summed E-state index contributed by atoms with van der Waals surface area (Å²) in [4.78, 5) is 11.3. The van der Waals surface area contributed by atoms with Gasteiger partial charge >= 0.3 is 5.97 Å². The van der Waals surface area contributed by atoms with Crippen LogP contribution in [-0.2, 0) is 30.3 Å². The van der Waals surface area contributed by atoms with E-state index in [2.05, 4.69) is 48.5 Å². The molecular formula is C28H44O6. The van der Waals surface area contributed by atoms with Crippen LogP contribution in [-0.4, -0.2) is 37.4 Å². The quantitative estimate of drug-likeness (QED) is 0.441. The number of carbonyl (C=O) groups is 1. The Bertz CT molecular complexity index is 778. The predicted molar refractivity (Wildman–Crippen MR) is 131 cm³/mol. The minimum atomic E-state index is -0.389. The average molecular weight is 477 g/mol. The van der Waals surface area contributed by atoms with Gasteiger partial charge in [-0.2, -0.15) is 0 Å². The summed E-state index contributed by atoms with van der Waals surface area (Å²) in [6, 6.07) is 7.98. The number of rotatable bonds is 8. The molecular weight excluding hydrogens is 432 g/mol. The van der Waals surface area contributed by atoms with Gasteiger partial charge in [0, 0.05) is 18.8 Å². The molecule has 0 amide bonds. The fourth-order valence-electron chi connectivity index (χ4n) is 5.13. The van der Waals surface area contributed by atoms with E-state index in [1.807, 2.05) is 24.3 Å². The molecule has 3 rings (SSSR count). The maximum absolute atomic E-state index is 11.3. The highest BCUT2D eigenvalue weighted by Crippen LogP contribution is 2.38. The Morgan fingerprint density at radius 2 is 1.35 bits per heavy atom. The number of esters is 1. The van der Waals surface area contributed by atoms with Gasteiger partial charge < -0.3 is 23.7 Å². The Kier molecular flexibility index (Phi) is 9.41. The number of hydrogen-bond acceptors (Lipinski definition) is 6. The number of ether oxygens (including phenoxy) is 5. The van der Waals surface area contributed by atoms with Gasteiger partial charge in [0.05, 0.1) is 18.8 Å². The number of carbonyl (C=O) groups excluding carboxylic acids is 1. The summed E-state index contributed by atoms with van der Waals surface area (Å²) >= 11 is 0. The normalized spacial score (nSPS) is 38.4. The third-order valence-electron chi connectivity index (χ3n) is 8.41. The third kappa shape index (κ3) is 6.32. The highest BCUT2D eigenvalue weighted by molar-refractivity contribution is 5.65. The van der Waals surface area contributed by atoms with Crippen molar-refractivity contribution in [3.05, 3.63) is 29.8 Å². The zero-order valence-corrected chi connectivity index (χ0v) is 22.2. The summed E-state index contributed by atoms with van der Waals surface area (Å²) in [5.41, 5.74) is 1.08. The molecule has 34 heavy (non-hydrogen) atoms. The van der Waals surface area contributed by atoms with Crippen LogP contribution in [0.3, 0.4) is 0 Å². The summed E-state index contributed by atoms with van der Waals surface area (Å²) in [5, 5.41) is 0. The van der Waals surface area contributed by atoms with E-state index in [-0.39, 0.29) is 49.2 Å². The van der Waals surface area contributed by atoms with Crippen LogP contribution in [0.25, 0.3) is 0 Å². The molecule has 2 heterocycles. The largest absolute Gasteiger partial charge is 0.465 e. The standard InChI is InChI=1S/C28H44O6/c1-9-25-18(4)16(2)20(6)27(33-25)31-14-23-10-12-24(13-11-23)32-28-21(7)17(3)19(5)26(34-28)15-30-22(8)29/h10-13,16-21,25-28H,9,14-15H2,1-8H3/t16-,17-,18-,19+,20?,21?,25?,26?,27+,28-/m0/s1. The Hall–Kier alpha value is -1.63. The first-order chi connectivity index (χ1) is 16.1. The molecule has 2 saturated heterocycles. The molecule has 2 fully saturated rings. The molecule has 2 aliphatic heterocycles. The molecule has 0 aromatic heterocycles. The lowest BCUT2D eigenvalue weighted by Crippen LogP contribution is -2.49. The fraction of sp³-hybridized carbons (Fsp3) is 0.750. The molecule has 1 aromatic rings. The second-order valence-corrected chi connectivity index (χ2v) is 10.5. The first kappa shape index (κ1) is 27.0. The van der Waals surface area contributed by atoms with Crippen LogP contribution in [0.4, 0.5) is 0 Å². The predicted octanol–water partition coefficient (Wildman–Crippen LogP) is 5.82. The minimum absolute atomic E-state index is 0.178. The van der Waals surface area contributed by atoms with Gasteiger partial charge in [-0.25, -0.2) is 0 Å². The van der Waals surface area contributed by atoms with Crippen molar-refractivity contribution in [3.63, 3.8) is 0 Å². The molecule has 6 heteroatoms. The zero-order valence-electron chi connectivity index (χ0n) is 22.2. The molecule has 10 atom stereocenters. The van der Waals surface area contributed by atoms with Crippen molar-refractivity contribution in [3.8, 4) is 5.75 Å². The molecule has 192 valence electrons. The molecule has 0 spiro atoms. The highest BCUT2D eigenvalue weighted by Gasteiger charge is 2.41. The van der Waals surface area contributed by atoms with Crippen molar-refractivity contribution in [2.24, 2.45) is 35.5 Å². The first-order valence-electron chi connectivity index (χ1n) is 12.9. The summed E-state index contributed by atoms with van der Waals surface area (Å²) in [7, 11) is 0. The van der Waals surface area contributed by atoms with Gasteiger partial charge in [-0.05, 0) is 47.8 Å². The van der Waals surface area contributed by atoms with Crippen molar-refractivity contribution in [2.45, 2.75) is 93.2 Å².